The Kier molecular flexibility index (Phi) is 5.29. The zero-order chi connectivity index (χ0) is 17.6. The van der Waals surface area contributed by atoms with Crippen LogP contribution in [0.3, 0.4) is 0 Å². The maximum absolute atomic E-state index is 12.3. The number of carbonyl (C=O) groups excluding carboxylic acids is 1. The predicted molar refractivity (Wildman–Crippen MR) is 101 cm³/mol. The third-order valence-corrected chi connectivity index (χ3v) is 4.21. The summed E-state index contributed by atoms with van der Waals surface area (Å²) in [6.45, 7) is 4.15. The third kappa shape index (κ3) is 3.97. The molecular formula is C21H22N2O2. The lowest BCUT2D eigenvalue weighted by Crippen LogP contribution is -2.21. The van der Waals surface area contributed by atoms with Gasteiger partial charge in [-0.15, -0.1) is 0 Å². The minimum absolute atomic E-state index is 0.0209. The third-order valence-electron chi connectivity index (χ3n) is 4.21. The lowest BCUT2D eigenvalue weighted by molar-refractivity contribution is -0.118. The molecule has 1 N–H and O–H groups in total. The van der Waals surface area contributed by atoms with Crippen LogP contribution in [0.15, 0.2) is 54.7 Å². The number of anilines is 1. The molecule has 4 nitrogen and oxygen atoms in total. The van der Waals surface area contributed by atoms with E-state index in [1.54, 1.807) is 6.20 Å². The fourth-order valence-corrected chi connectivity index (χ4v) is 2.87. The average Bonchev–Trinajstić information content (AvgIpc) is 2.66. The molecule has 2 aromatic carbocycles. The van der Waals surface area contributed by atoms with Crippen molar-refractivity contribution in [1.82, 2.24) is 4.98 Å². The molecule has 0 fully saturated rings. The topological polar surface area (TPSA) is 51.2 Å². The van der Waals surface area contributed by atoms with Crippen LogP contribution < -0.4 is 10.1 Å². The molecule has 25 heavy (non-hydrogen) atoms. The molecule has 0 saturated carbocycles. The zero-order valence-corrected chi connectivity index (χ0v) is 14.6. The summed E-state index contributed by atoms with van der Waals surface area (Å²) < 4.78 is 5.66. The summed E-state index contributed by atoms with van der Waals surface area (Å²) in [6, 6.07) is 15.6. The van der Waals surface area contributed by atoms with Gasteiger partial charge in [-0.2, -0.15) is 0 Å². The number of aryl methyl sites for hydroxylation is 2. The number of pyridine rings is 1. The van der Waals surface area contributed by atoms with E-state index in [-0.39, 0.29) is 12.5 Å². The van der Waals surface area contributed by atoms with E-state index in [4.69, 9.17) is 4.74 Å². The van der Waals surface area contributed by atoms with Gasteiger partial charge >= 0.3 is 0 Å². The van der Waals surface area contributed by atoms with Crippen LogP contribution in [0.4, 0.5) is 5.69 Å². The van der Waals surface area contributed by atoms with Gasteiger partial charge in [0, 0.05) is 17.3 Å². The molecule has 0 bridgehead atoms. The minimum atomic E-state index is -0.151. The average molecular weight is 334 g/mol. The van der Waals surface area contributed by atoms with Gasteiger partial charge in [-0.05, 0) is 48.2 Å². The summed E-state index contributed by atoms with van der Waals surface area (Å²) in [5.74, 6) is 0.511. The second kappa shape index (κ2) is 7.79. The number of hydrogen-bond donors (Lipinski definition) is 1. The molecule has 0 saturated heterocycles. The van der Waals surface area contributed by atoms with Gasteiger partial charge in [-0.25, -0.2) is 0 Å². The van der Waals surface area contributed by atoms with E-state index in [0.29, 0.717) is 5.75 Å². The molecule has 0 aliphatic heterocycles. The second-order valence-electron chi connectivity index (χ2n) is 5.85. The smallest absolute Gasteiger partial charge is 0.262 e. The van der Waals surface area contributed by atoms with Crippen molar-refractivity contribution in [3.63, 3.8) is 0 Å². The first-order chi connectivity index (χ1) is 12.2. The van der Waals surface area contributed by atoms with Crippen molar-refractivity contribution in [2.45, 2.75) is 26.7 Å². The number of para-hydroxylation sites is 1. The second-order valence-corrected chi connectivity index (χ2v) is 5.85. The molecule has 0 aliphatic carbocycles. The molecule has 0 aliphatic rings. The number of nitrogens with one attached hydrogen (secondary N) is 1. The first-order valence-electron chi connectivity index (χ1n) is 8.59. The van der Waals surface area contributed by atoms with Crippen LogP contribution in [0, 0.1) is 0 Å². The molecule has 0 spiro atoms. The molecule has 0 atom stereocenters. The van der Waals surface area contributed by atoms with Gasteiger partial charge in [0.25, 0.3) is 5.91 Å². The van der Waals surface area contributed by atoms with Crippen molar-refractivity contribution in [2.24, 2.45) is 0 Å². The van der Waals surface area contributed by atoms with Gasteiger partial charge in [-0.3, -0.25) is 9.78 Å². The van der Waals surface area contributed by atoms with Gasteiger partial charge in [0.15, 0.2) is 6.61 Å². The van der Waals surface area contributed by atoms with E-state index in [9.17, 15) is 4.79 Å². The predicted octanol–water partition coefficient (Wildman–Crippen LogP) is 4.38. The van der Waals surface area contributed by atoms with Crippen LogP contribution >= 0.6 is 0 Å². The first-order valence-corrected chi connectivity index (χ1v) is 8.59. The van der Waals surface area contributed by atoms with Crippen LogP contribution in [-0.2, 0) is 17.6 Å². The number of hydrogen-bond acceptors (Lipinski definition) is 3. The van der Waals surface area contributed by atoms with Crippen molar-refractivity contribution in [3.05, 3.63) is 65.9 Å². The minimum Gasteiger partial charge on any atom is -0.484 e. The Bertz CT molecular complexity index is 868. The Morgan fingerprint density at radius 2 is 1.80 bits per heavy atom. The lowest BCUT2D eigenvalue weighted by atomic mass is 10.0. The number of ether oxygens (including phenoxy) is 1. The monoisotopic (exact) mass is 334 g/mol. The Labute approximate surface area is 147 Å². The number of rotatable bonds is 6. The summed E-state index contributed by atoms with van der Waals surface area (Å²) in [7, 11) is 0. The van der Waals surface area contributed by atoms with E-state index in [1.165, 1.54) is 0 Å². The molecule has 0 radical (unpaired) electrons. The number of nitrogens with zero attached hydrogens (tertiary/aromatic N) is 1. The molecule has 4 heteroatoms. The van der Waals surface area contributed by atoms with E-state index in [2.05, 4.69) is 24.1 Å². The van der Waals surface area contributed by atoms with Crippen LogP contribution in [-0.4, -0.2) is 17.5 Å². The van der Waals surface area contributed by atoms with Gasteiger partial charge in [0.05, 0.1) is 5.52 Å². The number of amides is 1. The Hall–Kier alpha value is -2.88. The van der Waals surface area contributed by atoms with Gasteiger partial charge in [-0.1, -0.05) is 38.1 Å². The molecule has 1 amide bonds. The van der Waals surface area contributed by atoms with Crippen molar-refractivity contribution < 1.29 is 9.53 Å². The Morgan fingerprint density at radius 3 is 2.52 bits per heavy atom. The van der Waals surface area contributed by atoms with Crippen LogP contribution in [0.5, 0.6) is 5.75 Å². The molecule has 3 rings (SSSR count). The number of carbonyl (C=O) groups is 1. The summed E-state index contributed by atoms with van der Waals surface area (Å²) in [6.07, 6.45) is 3.51. The van der Waals surface area contributed by atoms with E-state index in [1.807, 2.05) is 48.5 Å². The summed E-state index contributed by atoms with van der Waals surface area (Å²) >= 11 is 0. The molecule has 128 valence electrons. The number of benzene rings is 2. The van der Waals surface area contributed by atoms with E-state index in [0.717, 1.165) is 40.6 Å². The number of fused-ring (bicyclic) bond motifs is 1. The van der Waals surface area contributed by atoms with Crippen molar-refractivity contribution in [1.29, 1.82) is 0 Å². The maximum Gasteiger partial charge on any atom is 0.262 e. The Balaban J connectivity index is 1.68. The fourth-order valence-electron chi connectivity index (χ4n) is 2.87. The Morgan fingerprint density at radius 1 is 1.04 bits per heavy atom. The van der Waals surface area contributed by atoms with Crippen molar-refractivity contribution in [3.8, 4) is 5.75 Å². The quantitative estimate of drug-likeness (QED) is 0.728. The highest BCUT2D eigenvalue weighted by atomic mass is 16.5. The summed E-state index contributed by atoms with van der Waals surface area (Å²) in [4.78, 5) is 16.6. The molecular weight excluding hydrogens is 312 g/mol. The van der Waals surface area contributed by atoms with E-state index >= 15 is 0 Å². The zero-order valence-electron chi connectivity index (χ0n) is 14.6. The molecule has 1 aromatic heterocycles. The van der Waals surface area contributed by atoms with Crippen LogP contribution in [0.25, 0.3) is 10.9 Å². The SMILES string of the molecule is CCc1cccc(CC)c1NC(=O)COc1ccc2ncccc2c1. The van der Waals surface area contributed by atoms with Crippen molar-refractivity contribution in [2.75, 3.05) is 11.9 Å². The molecule has 1 heterocycles. The van der Waals surface area contributed by atoms with Gasteiger partial charge in [0.1, 0.15) is 5.75 Å². The highest BCUT2D eigenvalue weighted by Crippen LogP contribution is 2.23. The highest BCUT2D eigenvalue weighted by Gasteiger charge is 2.10. The van der Waals surface area contributed by atoms with Gasteiger partial charge < -0.3 is 10.1 Å². The molecule has 3 aromatic rings. The van der Waals surface area contributed by atoms with E-state index < -0.39 is 0 Å². The summed E-state index contributed by atoms with van der Waals surface area (Å²) in [5.41, 5.74) is 4.11. The first kappa shape index (κ1) is 17.0. The largest absolute Gasteiger partial charge is 0.484 e. The fraction of sp³-hybridized carbons (Fsp3) is 0.238. The lowest BCUT2D eigenvalue weighted by Gasteiger charge is -2.14. The normalized spacial score (nSPS) is 10.6. The maximum atomic E-state index is 12.3. The standard InChI is InChI=1S/C21H22N2O2/c1-3-15-7-5-8-16(4-2)21(15)23-20(24)14-25-18-10-11-19-17(13-18)9-6-12-22-19/h5-13H,3-4,14H2,1-2H3,(H,23,24). The van der Waals surface area contributed by atoms with Crippen molar-refractivity contribution >= 4 is 22.5 Å². The van der Waals surface area contributed by atoms with Gasteiger partial charge in [0.2, 0.25) is 0 Å². The summed E-state index contributed by atoms with van der Waals surface area (Å²) in [5, 5.41) is 4.00. The number of aromatic nitrogens is 1. The van der Waals surface area contributed by atoms with Crippen LogP contribution in [0.1, 0.15) is 25.0 Å². The van der Waals surface area contributed by atoms with Crippen LogP contribution in [0.2, 0.25) is 0 Å². The highest BCUT2D eigenvalue weighted by molar-refractivity contribution is 5.93. The molecule has 0 unspecified atom stereocenters.